The number of anilines is 2. The number of nitrogens with one attached hydrogen (secondary N) is 1. The monoisotopic (exact) mass is 578 g/mol. The van der Waals surface area contributed by atoms with Crippen LogP contribution in [0.2, 0.25) is 0 Å². The van der Waals surface area contributed by atoms with Crippen molar-refractivity contribution >= 4 is 27.5 Å². The highest BCUT2D eigenvalue weighted by Crippen LogP contribution is 2.31. The lowest BCUT2D eigenvalue weighted by Crippen LogP contribution is -2.39. The zero-order valence-electron chi connectivity index (χ0n) is 19.8. The molecule has 0 saturated carbocycles. The van der Waals surface area contributed by atoms with Crippen LogP contribution in [-0.2, 0) is 32.7 Å². The van der Waals surface area contributed by atoms with Crippen molar-refractivity contribution in [1.29, 1.82) is 0 Å². The summed E-state index contributed by atoms with van der Waals surface area (Å²) in [6, 6.07) is 6.47. The molecule has 39 heavy (non-hydrogen) atoms. The van der Waals surface area contributed by atoms with Crippen LogP contribution in [0.1, 0.15) is 24.0 Å². The molecule has 1 N–H and O–H groups in total. The zero-order valence-corrected chi connectivity index (χ0v) is 20.7. The first-order valence-electron chi connectivity index (χ1n) is 11.3. The maximum atomic E-state index is 15.0. The molecule has 2 heterocycles. The highest BCUT2D eigenvalue weighted by molar-refractivity contribution is 7.92. The summed E-state index contributed by atoms with van der Waals surface area (Å²) in [4.78, 5) is 15.9. The molecule has 1 aliphatic heterocycles. The fourth-order valence-corrected chi connectivity index (χ4v) is 5.16. The Labute approximate surface area is 217 Å². The molecule has 3 aromatic rings. The zero-order chi connectivity index (χ0) is 28.4. The van der Waals surface area contributed by atoms with Crippen molar-refractivity contribution < 1.29 is 48.9 Å². The molecule has 1 saturated heterocycles. The summed E-state index contributed by atoms with van der Waals surface area (Å²) < 4.78 is 112. The molecule has 0 amide bonds. The van der Waals surface area contributed by atoms with E-state index in [0.717, 1.165) is 38.3 Å². The van der Waals surface area contributed by atoms with Gasteiger partial charge in [0.2, 0.25) is 5.82 Å². The van der Waals surface area contributed by atoms with Crippen LogP contribution in [0.25, 0.3) is 0 Å². The Hall–Kier alpha value is -3.79. The average Bonchev–Trinajstić information content (AvgIpc) is 3.58. The van der Waals surface area contributed by atoms with Crippen molar-refractivity contribution in [2.45, 2.75) is 37.0 Å². The van der Waals surface area contributed by atoms with Gasteiger partial charge in [0.05, 0.1) is 5.69 Å². The van der Waals surface area contributed by atoms with Crippen LogP contribution in [-0.4, -0.2) is 43.7 Å². The first-order valence-corrected chi connectivity index (χ1v) is 12.8. The predicted octanol–water partition coefficient (Wildman–Crippen LogP) is 4.52. The van der Waals surface area contributed by atoms with Gasteiger partial charge in [0.15, 0.2) is 11.6 Å². The van der Waals surface area contributed by atoms with E-state index in [0.29, 0.717) is 24.2 Å². The molecular formula is C23H20F6N4O5S. The van der Waals surface area contributed by atoms with Crippen molar-refractivity contribution in [3.05, 3.63) is 71.2 Å². The number of carbonyl (C=O) groups excluding carboxylic acids is 1. The maximum absolute atomic E-state index is 15.0. The second-order valence-corrected chi connectivity index (χ2v) is 10.1. The van der Waals surface area contributed by atoms with Gasteiger partial charge in [0, 0.05) is 24.7 Å². The fourth-order valence-electron chi connectivity index (χ4n) is 3.92. The van der Waals surface area contributed by atoms with E-state index in [1.807, 2.05) is 0 Å². The average molecular weight is 578 g/mol. The Bertz CT molecular complexity index is 1440. The molecule has 0 spiro atoms. The van der Waals surface area contributed by atoms with Gasteiger partial charge < -0.3 is 14.7 Å². The Kier molecular flexibility index (Phi) is 8.06. The molecule has 1 aliphatic rings. The first-order chi connectivity index (χ1) is 18.4. The molecule has 210 valence electrons. The minimum atomic E-state index is -5.63. The summed E-state index contributed by atoms with van der Waals surface area (Å²) in [5.41, 5.74) is 0.262. The smallest absolute Gasteiger partial charge is 0.378 e. The highest BCUT2D eigenvalue weighted by atomic mass is 32.2. The van der Waals surface area contributed by atoms with Crippen LogP contribution in [0.15, 0.2) is 52.1 Å². The molecule has 1 aromatic heterocycles. The van der Waals surface area contributed by atoms with Crippen LogP contribution >= 0.6 is 0 Å². The second kappa shape index (κ2) is 11.1. The van der Waals surface area contributed by atoms with Crippen molar-refractivity contribution in [3.63, 3.8) is 0 Å². The number of rotatable bonds is 9. The lowest BCUT2D eigenvalue weighted by Gasteiger charge is -2.21. The Balaban J connectivity index is 1.60. The highest BCUT2D eigenvalue weighted by Gasteiger charge is 2.46. The molecule has 4 rings (SSSR count). The fraction of sp³-hybridized carbons (Fsp3) is 0.304. The first kappa shape index (κ1) is 28.2. The summed E-state index contributed by atoms with van der Waals surface area (Å²) >= 11 is 0. The number of sulfonamides is 1. The molecule has 9 nitrogen and oxygen atoms in total. The number of halogens is 6. The van der Waals surface area contributed by atoms with Crippen LogP contribution in [0, 0.1) is 17.5 Å². The van der Waals surface area contributed by atoms with Gasteiger partial charge in [-0.25, -0.2) is 18.0 Å². The second-order valence-electron chi connectivity index (χ2n) is 8.42. The van der Waals surface area contributed by atoms with Gasteiger partial charge >= 0.3 is 12.1 Å². The number of alkyl halides is 3. The number of nitrogens with zero attached hydrogens (tertiary/aromatic N) is 3. The van der Waals surface area contributed by atoms with Crippen molar-refractivity contribution in [3.8, 4) is 0 Å². The Morgan fingerprint density at radius 2 is 1.79 bits per heavy atom. The van der Waals surface area contributed by atoms with Gasteiger partial charge in [0.25, 0.3) is 10.0 Å². The lowest BCUT2D eigenvalue weighted by molar-refractivity contribution is -0.199. The van der Waals surface area contributed by atoms with E-state index in [4.69, 9.17) is 0 Å². The van der Waals surface area contributed by atoms with Gasteiger partial charge in [-0.05, 0) is 49.7 Å². The summed E-state index contributed by atoms with van der Waals surface area (Å²) in [7, 11) is -5.48. The molecule has 0 radical (unpaired) electrons. The van der Waals surface area contributed by atoms with E-state index < -0.39 is 60.5 Å². The molecule has 0 aliphatic carbocycles. The molecule has 2 aromatic carbocycles. The molecular weight excluding hydrogens is 558 g/mol. The third-order valence-corrected chi connectivity index (χ3v) is 7.39. The van der Waals surface area contributed by atoms with Crippen LogP contribution < -0.4 is 9.79 Å². The van der Waals surface area contributed by atoms with Gasteiger partial charge in [-0.3, -0.25) is 4.90 Å². The SMILES string of the molecule is O=C(ON(c1ccon1)S(=O)(=O)c1ccc(NCc2c(F)cccc2CN2CCCC2)c(F)c1F)C(F)(F)F. The van der Waals surface area contributed by atoms with Crippen LogP contribution in [0.3, 0.4) is 0 Å². The van der Waals surface area contributed by atoms with Gasteiger partial charge in [0.1, 0.15) is 17.0 Å². The van der Waals surface area contributed by atoms with Crippen molar-refractivity contribution in [2.75, 3.05) is 22.9 Å². The Morgan fingerprint density at radius 1 is 1.08 bits per heavy atom. The normalized spacial score (nSPS) is 14.4. The third-order valence-electron chi connectivity index (χ3n) is 5.82. The maximum Gasteiger partial charge on any atom is 0.493 e. The number of hydrogen-bond donors (Lipinski definition) is 1. The molecule has 0 unspecified atom stereocenters. The molecule has 0 atom stereocenters. The van der Waals surface area contributed by atoms with Gasteiger partial charge in [-0.1, -0.05) is 21.8 Å². The van der Waals surface area contributed by atoms with E-state index in [2.05, 4.69) is 24.7 Å². The number of carbonyl (C=O) groups is 1. The summed E-state index contributed by atoms with van der Waals surface area (Å²) in [5.74, 6) is -8.25. The number of aromatic nitrogens is 1. The van der Waals surface area contributed by atoms with Crippen molar-refractivity contribution in [2.24, 2.45) is 0 Å². The largest absolute Gasteiger partial charge is 0.493 e. The van der Waals surface area contributed by atoms with E-state index in [1.165, 1.54) is 12.1 Å². The molecule has 0 bridgehead atoms. The minimum absolute atomic E-state index is 0.192. The summed E-state index contributed by atoms with van der Waals surface area (Å²) in [6.07, 6.45) is -2.88. The van der Waals surface area contributed by atoms with Crippen LogP contribution in [0.4, 0.5) is 37.8 Å². The lowest BCUT2D eigenvalue weighted by atomic mass is 10.1. The quantitative estimate of drug-likeness (QED) is 0.292. The number of benzene rings is 2. The summed E-state index contributed by atoms with van der Waals surface area (Å²) in [5, 5.41) is 5.61. The number of hydrogen-bond acceptors (Lipinski definition) is 8. The van der Waals surface area contributed by atoms with E-state index in [1.54, 1.807) is 6.07 Å². The number of likely N-dealkylation sites (tertiary alicyclic amines) is 1. The van der Waals surface area contributed by atoms with E-state index in [-0.39, 0.29) is 12.1 Å². The van der Waals surface area contributed by atoms with E-state index in [9.17, 15) is 39.6 Å². The molecule has 16 heteroatoms. The topological polar surface area (TPSA) is 105 Å². The van der Waals surface area contributed by atoms with Crippen LogP contribution in [0.5, 0.6) is 0 Å². The third kappa shape index (κ3) is 6.11. The predicted molar refractivity (Wildman–Crippen MR) is 123 cm³/mol. The molecule has 1 fully saturated rings. The minimum Gasteiger partial charge on any atom is -0.378 e. The van der Waals surface area contributed by atoms with Gasteiger partial charge in [-0.15, -0.1) is 0 Å². The summed E-state index contributed by atoms with van der Waals surface area (Å²) in [6.45, 7) is 1.83. The van der Waals surface area contributed by atoms with Crippen molar-refractivity contribution in [1.82, 2.24) is 10.1 Å². The van der Waals surface area contributed by atoms with Gasteiger partial charge in [-0.2, -0.15) is 21.6 Å². The standard InChI is InChI=1S/C23H20F6N4O5S/c24-16-5-3-4-14(13-32-9-1-2-10-32)15(16)12-30-17-6-7-18(21(26)20(17)25)39(35,36)33(19-8-11-37-31-19)38-22(34)23(27,28)29/h3-8,11,30H,1-2,9-10,12-13H2. The van der Waals surface area contributed by atoms with E-state index >= 15 is 0 Å². The Morgan fingerprint density at radius 3 is 2.44 bits per heavy atom.